The second kappa shape index (κ2) is 4.93. The molecular formula is C10H13NO3S. The number of amides is 1. The van der Waals surface area contributed by atoms with Crippen LogP contribution in [-0.2, 0) is 4.79 Å². The van der Waals surface area contributed by atoms with Gasteiger partial charge in [-0.05, 0) is 26.0 Å². The number of nitrogens with one attached hydrogen (secondary N) is 1. The summed E-state index contributed by atoms with van der Waals surface area (Å²) in [4.78, 5) is 23.6. The van der Waals surface area contributed by atoms with Gasteiger partial charge in [0.2, 0.25) is 0 Å². The zero-order valence-corrected chi connectivity index (χ0v) is 9.43. The van der Waals surface area contributed by atoms with Crippen LogP contribution in [0.3, 0.4) is 0 Å². The van der Waals surface area contributed by atoms with Gasteiger partial charge in [-0.15, -0.1) is 11.3 Å². The molecule has 0 spiro atoms. The van der Waals surface area contributed by atoms with Gasteiger partial charge in [0, 0.05) is 10.9 Å². The summed E-state index contributed by atoms with van der Waals surface area (Å²) in [5.74, 6) is -1.12. The Kier molecular flexibility index (Phi) is 3.85. The number of carboxylic acids is 1. The number of hydrogen-bond acceptors (Lipinski definition) is 3. The van der Waals surface area contributed by atoms with Crippen molar-refractivity contribution in [3.8, 4) is 0 Å². The molecule has 0 aromatic carbocycles. The van der Waals surface area contributed by atoms with Crippen molar-refractivity contribution in [1.29, 1.82) is 0 Å². The first-order chi connectivity index (χ1) is 6.99. The van der Waals surface area contributed by atoms with Gasteiger partial charge >= 0.3 is 5.97 Å². The summed E-state index contributed by atoms with van der Waals surface area (Å²) in [6.45, 7) is 3.59. The number of aryl methyl sites for hydroxylation is 1. The summed E-state index contributed by atoms with van der Waals surface area (Å²) in [7, 11) is 0. The van der Waals surface area contributed by atoms with E-state index in [0.29, 0.717) is 4.88 Å². The molecule has 0 aliphatic carbocycles. The fourth-order valence-corrected chi connectivity index (χ4v) is 1.94. The molecule has 4 nitrogen and oxygen atoms in total. The van der Waals surface area contributed by atoms with Crippen LogP contribution < -0.4 is 5.32 Å². The van der Waals surface area contributed by atoms with Gasteiger partial charge in [-0.25, -0.2) is 0 Å². The quantitative estimate of drug-likeness (QED) is 0.822. The Morgan fingerprint density at radius 1 is 1.53 bits per heavy atom. The second-order valence-corrected chi connectivity index (χ2v) is 4.67. The predicted octanol–water partition coefficient (Wildman–Crippen LogP) is 1.65. The van der Waals surface area contributed by atoms with Gasteiger partial charge in [-0.1, -0.05) is 0 Å². The minimum Gasteiger partial charge on any atom is -0.481 e. The standard InChI is InChI=1S/C10H13NO3S/c1-6(5-9(12)13)11-10(14)8-4-3-7(2)15-8/h3-4,6H,5H2,1-2H3,(H,11,14)(H,12,13). The van der Waals surface area contributed by atoms with E-state index in [4.69, 9.17) is 5.11 Å². The molecule has 0 saturated carbocycles. The second-order valence-electron chi connectivity index (χ2n) is 3.38. The molecule has 0 radical (unpaired) electrons. The van der Waals surface area contributed by atoms with Crippen molar-refractivity contribution in [1.82, 2.24) is 5.32 Å². The smallest absolute Gasteiger partial charge is 0.305 e. The van der Waals surface area contributed by atoms with Crippen molar-refractivity contribution in [2.75, 3.05) is 0 Å². The molecule has 0 aliphatic rings. The number of carbonyl (C=O) groups excluding carboxylic acids is 1. The largest absolute Gasteiger partial charge is 0.481 e. The SMILES string of the molecule is Cc1ccc(C(=O)NC(C)CC(=O)O)s1. The van der Waals surface area contributed by atoms with Crippen LogP contribution in [0.2, 0.25) is 0 Å². The minimum atomic E-state index is -0.912. The summed E-state index contributed by atoms with van der Waals surface area (Å²) < 4.78 is 0. The van der Waals surface area contributed by atoms with E-state index in [1.54, 1.807) is 13.0 Å². The Balaban J connectivity index is 2.52. The summed E-state index contributed by atoms with van der Waals surface area (Å²) >= 11 is 1.40. The number of aliphatic carboxylic acids is 1. The van der Waals surface area contributed by atoms with Crippen LogP contribution in [0.1, 0.15) is 27.9 Å². The van der Waals surface area contributed by atoms with E-state index >= 15 is 0 Å². The van der Waals surface area contributed by atoms with Crippen molar-refractivity contribution in [2.24, 2.45) is 0 Å². The van der Waals surface area contributed by atoms with Crippen LogP contribution in [0.15, 0.2) is 12.1 Å². The number of carboxylic acid groups (broad SMARTS) is 1. The zero-order chi connectivity index (χ0) is 11.4. The molecule has 5 heteroatoms. The molecule has 1 amide bonds. The van der Waals surface area contributed by atoms with E-state index in [9.17, 15) is 9.59 Å². The van der Waals surface area contributed by atoms with Crippen molar-refractivity contribution in [2.45, 2.75) is 26.3 Å². The molecule has 82 valence electrons. The Morgan fingerprint density at radius 2 is 2.20 bits per heavy atom. The summed E-state index contributed by atoms with van der Waals surface area (Å²) in [5, 5.41) is 11.2. The van der Waals surface area contributed by atoms with E-state index < -0.39 is 5.97 Å². The highest BCUT2D eigenvalue weighted by Gasteiger charge is 2.13. The molecule has 0 saturated heterocycles. The summed E-state index contributed by atoms with van der Waals surface area (Å²) in [6.07, 6.45) is -0.0594. The third-order valence-electron chi connectivity index (χ3n) is 1.82. The third kappa shape index (κ3) is 3.71. The number of thiophene rings is 1. The first-order valence-electron chi connectivity index (χ1n) is 4.58. The van der Waals surface area contributed by atoms with E-state index in [-0.39, 0.29) is 18.4 Å². The number of rotatable bonds is 4. The molecule has 0 bridgehead atoms. The highest BCUT2D eigenvalue weighted by molar-refractivity contribution is 7.13. The van der Waals surface area contributed by atoms with E-state index in [1.807, 2.05) is 13.0 Å². The van der Waals surface area contributed by atoms with Gasteiger partial charge < -0.3 is 10.4 Å². The third-order valence-corrected chi connectivity index (χ3v) is 2.82. The molecule has 0 fully saturated rings. The van der Waals surface area contributed by atoms with Crippen LogP contribution in [0, 0.1) is 6.92 Å². The molecule has 1 aromatic rings. The molecule has 1 unspecified atom stereocenters. The highest BCUT2D eigenvalue weighted by Crippen LogP contribution is 2.14. The summed E-state index contributed by atoms with van der Waals surface area (Å²) in [5.41, 5.74) is 0. The molecule has 15 heavy (non-hydrogen) atoms. The lowest BCUT2D eigenvalue weighted by Crippen LogP contribution is -2.33. The van der Waals surface area contributed by atoms with Gasteiger partial charge in [0.25, 0.3) is 5.91 Å². The topological polar surface area (TPSA) is 66.4 Å². The lowest BCUT2D eigenvalue weighted by Gasteiger charge is -2.09. The van der Waals surface area contributed by atoms with Gasteiger partial charge in [0.05, 0.1) is 11.3 Å². The van der Waals surface area contributed by atoms with Crippen LogP contribution in [0.4, 0.5) is 0 Å². The maximum Gasteiger partial charge on any atom is 0.305 e. The number of carbonyl (C=O) groups is 2. The van der Waals surface area contributed by atoms with E-state index in [2.05, 4.69) is 5.32 Å². The van der Waals surface area contributed by atoms with Crippen LogP contribution >= 0.6 is 11.3 Å². The first-order valence-corrected chi connectivity index (χ1v) is 5.40. The van der Waals surface area contributed by atoms with Gasteiger partial charge in [-0.2, -0.15) is 0 Å². The number of hydrogen-bond donors (Lipinski definition) is 2. The molecule has 1 heterocycles. The van der Waals surface area contributed by atoms with Gasteiger partial charge in [0.15, 0.2) is 0 Å². The maximum atomic E-state index is 11.6. The Labute approximate surface area is 91.9 Å². The van der Waals surface area contributed by atoms with Crippen LogP contribution in [0.5, 0.6) is 0 Å². The Hall–Kier alpha value is -1.36. The molecule has 1 aromatic heterocycles. The maximum absolute atomic E-state index is 11.6. The van der Waals surface area contributed by atoms with Crippen molar-refractivity contribution >= 4 is 23.2 Å². The molecular weight excluding hydrogens is 214 g/mol. The average Bonchev–Trinajstić information content (AvgIpc) is 2.49. The fraction of sp³-hybridized carbons (Fsp3) is 0.400. The molecule has 1 rings (SSSR count). The van der Waals surface area contributed by atoms with E-state index in [0.717, 1.165) is 4.88 Å². The lowest BCUT2D eigenvalue weighted by molar-refractivity contribution is -0.137. The Morgan fingerprint density at radius 3 is 2.67 bits per heavy atom. The van der Waals surface area contributed by atoms with Crippen molar-refractivity contribution < 1.29 is 14.7 Å². The van der Waals surface area contributed by atoms with Gasteiger partial charge in [-0.3, -0.25) is 9.59 Å². The normalized spacial score (nSPS) is 12.1. The minimum absolute atomic E-state index is 0.0594. The van der Waals surface area contributed by atoms with Crippen molar-refractivity contribution in [3.63, 3.8) is 0 Å². The van der Waals surface area contributed by atoms with Crippen LogP contribution in [0.25, 0.3) is 0 Å². The predicted molar refractivity (Wildman–Crippen MR) is 58.2 cm³/mol. The Bertz CT molecular complexity index is 372. The molecule has 2 N–H and O–H groups in total. The van der Waals surface area contributed by atoms with E-state index in [1.165, 1.54) is 11.3 Å². The monoisotopic (exact) mass is 227 g/mol. The summed E-state index contributed by atoms with van der Waals surface area (Å²) in [6, 6.07) is 3.25. The molecule has 0 aliphatic heterocycles. The lowest BCUT2D eigenvalue weighted by atomic mass is 10.2. The highest BCUT2D eigenvalue weighted by atomic mass is 32.1. The fourth-order valence-electron chi connectivity index (χ4n) is 1.16. The molecule has 1 atom stereocenters. The van der Waals surface area contributed by atoms with Crippen LogP contribution in [-0.4, -0.2) is 23.0 Å². The first kappa shape index (κ1) is 11.7. The van der Waals surface area contributed by atoms with Gasteiger partial charge in [0.1, 0.15) is 0 Å². The van der Waals surface area contributed by atoms with Crippen molar-refractivity contribution in [3.05, 3.63) is 21.9 Å². The zero-order valence-electron chi connectivity index (χ0n) is 8.61. The average molecular weight is 227 g/mol.